The van der Waals surface area contributed by atoms with Crippen LogP contribution >= 0.6 is 11.3 Å². The van der Waals surface area contributed by atoms with Crippen LogP contribution in [-0.2, 0) is 0 Å². The first-order valence-electron chi connectivity index (χ1n) is 5.13. The van der Waals surface area contributed by atoms with Crippen LogP contribution < -0.4 is 5.32 Å². The third-order valence-corrected chi connectivity index (χ3v) is 3.17. The first-order chi connectivity index (χ1) is 6.75. The van der Waals surface area contributed by atoms with Crippen molar-refractivity contribution in [1.82, 2.24) is 5.32 Å². The summed E-state index contributed by atoms with van der Waals surface area (Å²) < 4.78 is 0. The van der Waals surface area contributed by atoms with E-state index in [1.54, 1.807) is 11.3 Å². The molecule has 0 aliphatic rings. The second-order valence-electron chi connectivity index (χ2n) is 3.77. The normalized spacial score (nSPS) is 13.4. The Hall–Kier alpha value is -0.380. The Bertz CT molecular complexity index is 233. The minimum atomic E-state index is 0.266. The third kappa shape index (κ3) is 3.40. The highest BCUT2D eigenvalue weighted by Crippen LogP contribution is 2.25. The minimum Gasteiger partial charge on any atom is -0.396 e. The Morgan fingerprint density at radius 2 is 2.29 bits per heavy atom. The van der Waals surface area contributed by atoms with E-state index in [2.05, 4.69) is 36.7 Å². The predicted molar refractivity (Wildman–Crippen MR) is 61.6 cm³/mol. The molecule has 2 N–H and O–H groups in total. The van der Waals surface area contributed by atoms with Crippen molar-refractivity contribution in [2.75, 3.05) is 13.2 Å². The topological polar surface area (TPSA) is 32.3 Å². The van der Waals surface area contributed by atoms with Crippen molar-refractivity contribution in [1.29, 1.82) is 0 Å². The van der Waals surface area contributed by atoms with Crippen molar-refractivity contribution >= 4 is 11.3 Å². The van der Waals surface area contributed by atoms with E-state index in [9.17, 15) is 0 Å². The SMILES string of the molecule is CC(C)C(NCCCO)c1cccs1. The molecule has 0 aromatic carbocycles. The van der Waals surface area contributed by atoms with Crippen molar-refractivity contribution in [3.63, 3.8) is 0 Å². The van der Waals surface area contributed by atoms with Gasteiger partial charge in [-0.3, -0.25) is 0 Å². The summed E-state index contributed by atoms with van der Waals surface area (Å²) in [5.74, 6) is 0.590. The average Bonchev–Trinajstić information content (AvgIpc) is 2.64. The number of nitrogens with one attached hydrogen (secondary N) is 1. The summed E-state index contributed by atoms with van der Waals surface area (Å²) in [4.78, 5) is 1.39. The van der Waals surface area contributed by atoms with E-state index in [1.165, 1.54) is 4.88 Å². The zero-order chi connectivity index (χ0) is 10.4. The lowest BCUT2D eigenvalue weighted by atomic mass is 10.0. The van der Waals surface area contributed by atoms with Crippen LogP contribution in [0, 0.1) is 5.92 Å². The van der Waals surface area contributed by atoms with Gasteiger partial charge in [-0.05, 0) is 30.3 Å². The maximum absolute atomic E-state index is 8.71. The molecule has 1 atom stereocenters. The highest BCUT2D eigenvalue weighted by molar-refractivity contribution is 7.10. The molecule has 0 saturated carbocycles. The molecule has 1 heterocycles. The van der Waals surface area contributed by atoms with E-state index in [4.69, 9.17) is 5.11 Å². The number of hydrogen-bond acceptors (Lipinski definition) is 3. The Morgan fingerprint density at radius 1 is 1.50 bits per heavy atom. The molecule has 80 valence electrons. The van der Waals surface area contributed by atoms with E-state index in [0.29, 0.717) is 12.0 Å². The molecule has 0 saturated heterocycles. The standard InChI is InChI=1S/C11H19NOS/c1-9(2)11(12-6-4-7-13)10-5-3-8-14-10/h3,5,8-9,11-13H,4,6-7H2,1-2H3. The molecule has 0 spiro atoms. The Balaban J connectivity index is 2.48. The fourth-order valence-corrected chi connectivity index (χ4v) is 2.44. The van der Waals surface area contributed by atoms with E-state index < -0.39 is 0 Å². The Morgan fingerprint density at radius 3 is 2.79 bits per heavy atom. The van der Waals surface area contributed by atoms with Gasteiger partial charge in [-0.2, -0.15) is 0 Å². The smallest absolute Gasteiger partial charge is 0.0443 e. The summed E-state index contributed by atoms with van der Waals surface area (Å²) in [6.07, 6.45) is 0.828. The van der Waals surface area contributed by atoms with Crippen LogP contribution in [0.1, 0.15) is 31.2 Å². The van der Waals surface area contributed by atoms with Gasteiger partial charge in [-0.25, -0.2) is 0 Å². The third-order valence-electron chi connectivity index (χ3n) is 2.22. The van der Waals surface area contributed by atoms with E-state index in [-0.39, 0.29) is 6.61 Å². The average molecular weight is 213 g/mol. The van der Waals surface area contributed by atoms with Gasteiger partial charge in [0.05, 0.1) is 0 Å². The molecule has 1 rings (SSSR count). The van der Waals surface area contributed by atoms with Gasteiger partial charge >= 0.3 is 0 Å². The molecule has 0 radical (unpaired) electrons. The summed E-state index contributed by atoms with van der Waals surface area (Å²) in [6, 6.07) is 4.69. The number of rotatable bonds is 6. The van der Waals surface area contributed by atoms with Crippen LogP contribution in [0.5, 0.6) is 0 Å². The number of thiophene rings is 1. The second kappa shape index (κ2) is 6.17. The maximum Gasteiger partial charge on any atom is 0.0443 e. The van der Waals surface area contributed by atoms with Gasteiger partial charge in [-0.1, -0.05) is 19.9 Å². The number of aliphatic hydroxyl groups excluding tert-OH is 1. The first-order valence-corrected chi connectivity index (χ1v) is 6.01. The highest BCUT2D eigenvalue weighted by atomic mass is 32.1. The van der Waals surface area contributed by atoms with Crippen molar-refractivity contribution in [3.8, 4) is 0 Å². The second-order valence-corrected chi connectivity index (χ2v) is 4.75. The molecular formula is C11H19NOS. The molecule has 0 aliphatic heterocycles. The summed E-state index contributed by atoms with van der Waals surface area (Å²) >= 11 is 1.79. The molecule has 1 aromatic rings. The van der Waals surface area contributed by atoms with Crippen molar-refractivity contribution in [3.05, 3.63) is 22.4 Å². The lowest BCUT2D eigenvalue weighted by Crippen LogP contribution is -2.26. The van der Waals surface area contributed by atoms with Gasteiger partial charge in [0, 0.05) is 17.5 Å². The van der Waals surface area contributed by atoms with Crippen molar-refractivity contribution in [2.45, 2.75) is 26.3 Å². The minimum absolute atomic E-state index is 0.266. The van der Waals surface area contributed by atoms with Crippen LogP contribution in [0.25, 0.3) is 0 Å². The molecule has 0 aliphatic carbocycles. The zero-order valence-electron chi connectivity index (χ0n) is 8.86. The lowest BCUT2D eigenvalue weighted by molar-refractivity contribution is 0.279. The highest BCUT2D eigenvalue weighted by Gasteiger charge is 2.15. The van der Waals surface area contributed by atoms with Crippen LogP contribution in [0.2, 0.25) is 0 Å². The molecule has 14 heavy (non-hydrogen) atoms. The maximum atomic E-state index is 8.71. The van der Waals surface area contributed by atoms with Gasteiger partial charge in [0.2, 0.25) is 0 Å². The predicted octanol–water partition coefficient (Wildman–Crippen LogP) is 2.42. The van der Waals surface area contributed by atoms with Crippen molar-refractivity contribution < 1.29 is 5.11 Å². The first kappa shape index (κ1) is 11.7. The van der Waals surface area contributed by atoms with E-state index in [0.717, 1.165) is 13.0 Å². The quantitative estimate of drug-likeness (QED) is 0.711. The van der Waals surface area contributed by atoms with E-state index in [1.807, 2.05) is 0 Å². The van der Waals surface area contributed by atoms with Crippen molar-refractivity contribution in [2.24, 2.45) is 5.92 Å². The fraction of sp³-hybridized carbons (Fsp3) is 0.636. The molecule has 1 aromatic heterocycles. The molecule has 0 amide bonds. The number of hydrogen-bond donors (Lipinski definition) is 2. The molecular weight excluding hydrogens is 194 g/mol. The van der Waals surface area contributed by atoms with Gasteiger partial charge in [0.15, 0.2) is 0 Å². The molecule has 2 nitrogen and oxygen atoms in total. The van der Waals surface area contributed by atoms with Gasteiger partial charge in [0.1, 0.15) is 0 Å². The van der Waals surface area contributed by atoms with Gasteiger partial charge < -0.3 is 10.4 Å². The van der Waals surface area contributed by atoms with Crippen LogP contribution in [0.3, 0.4) is 0 Å². The van der Waals surface area contributed by atoms with Gasteiger partial charge in [-0.15, -0.1) is 11.3 Å². The van der Waals surface area contributed by atoms with Crippen LogP contribution in [0.4, 0.5) is 0 Å². The fourth-order valence-electron chi connectivity index (χ4n) is 1.47. The molecule has 1 unspecified atom stereocenters. The summed E-state index contributed by atoms with van der Waals surface area (Å²) in [7, 11) is 0. The number of aliphatic hydroxyl groups is 1. The van der Waals surface area contributed by atoms with Crippen LogP contribution in [0.15, 0.2) is 17.5 Å². The largest absolute Gasteiger partial charge is 0.396 e. The lowest BCUT2D eigenvalue weighted by Gasteiger charge is -2.21. The molecule has 3 heteroatoms. The molecule has 0 fully saturated rings. The summed E-state index contributed by atoms with van der Waals surface area (Å²) in [5.41, 5.74) is 0. The molecule has 0 bridgehead atoms. The van der Waals surface area contributed by atoms with Gasteiger partial charge in [0.25, 0.3) is 0 Å². The van der Waals surface area contributed by atoms with E-state index >= 15 is 0 Å². The zero-order valence-corrected chi connectivity index (χ0v) is 9.68. The Kier molecular flexibility index (Phi) is 5.15. The monoisotopic (exact) mass is 213 g/mol. The summed E-state index contributed by atoms with van der Waals surface area (Å²) in [5, 5.41) is 14.3. The Labute approximate surface area is 90.0 Å². The summed E-state index contributed by atoms with van der Waals surface area (Å²) in [6.45, 7) is 5.59. The van der Waals surface area contributed by atoms with Crippen LogP contribution in [-0.4, -0.2) is 18.3 Å².